The molecule has 0 aliphatic heterocycles. The number of nitrogens with one attached hydrogen (secondary N) is 2. The van der Waals surface area contributed by atoms with Crippen LogP contribution in [0.2, 0.25) is 5.02 Å². The van der Waals surface area contributed by atoms with E-state index in [0.29, 0.717) is 13.2 Å². The Kier molecular flexibility index (Phi) is 7.56. The van der Waals surface area contributed by atoms with Crippen LogP contribution in [0.3, 0.4) is 0 Å². The summed E-state index contributed by atoms with van der Waals surface area (Å²) in [5.74, 6) is -1.18. The number of amides is 2. The Balaban J connectivity index is 2.45. The Morgan fingerprint density at radius 1 is 1.29 bits per heavy atom. The van der Waals surface area contributed by atoms with Crippen LogP contribution in [-0.4, -0.2) is 37.4 Å². The number of benzene rings is 1. The molecule has 0 spiro atoms. The van der Waals surface area contributed by atoms with Crippen LogP contribution in [0.25, 0.3) is 0 Å². The summed E-state index contributed by atoms with van der Waals surface area (Å²) in [7, 11) is 1.65. The Morgan fingerprint density at radius 2 is 2.05 bits per heavy atom. The molecular weight excluding hydrogens is 296 g/mol. The molecule has 6 nitrogen and oxygen atoms in total. The van der Waals surface area contributed by atoms with Crippen molar-refractivity contribution in [3.8, 4) is 0 Å². The molecule has 1 aromatic rings. The van der Waals surface area contributed by atoms with E-state index in [2.05, 4.69) is 10.6 Å². The number of carboxylic acids is 1. The van der Waals surface area contributed by atoms with Gasteiger partial charge in [-0.1, -0.05) is 17.7 Å². The summed E-state index contributed by atoms with van der Waals surface area (Å²) in [6.07, 6.45) is 2.72. The predicted molar refractivity (Wildman–Crippen MR) is 81.2 cm³/mol. The van der Waals surface area contributed by atoms with Gasteiger partial charge in [-0.2, -0.15) is 0 Å². The number of urea groups is 1. The van der Waals surface area contributed by atoms with Gasteiger partial charge in [0.25, 0.3) is 0 Å². The molecule has 1 rings (SSSR count). The lowest BCUT2D eigenvalue weighted by Gasteiger charge is -2.10. The minimum Gasteiger partial charge on any atom is -0.478 e. The van der Waals surface area contributed by atoms with Crippen LogP contribution < -0.4 is 10.6 Å². The number of carbonyl (C=O) groups excluding carboxylic acids is 1. The van der Waals surface area contributed by atoms with Gasteiger partial charge in [-0.25, -0.2) is 9.59 Å². The summed E-state index contributed by atoms with van der Waals surface area (Å²) < 4.78 is 4.93. The lowest BCUT2D eigenvalue weighted by atomic mass is 10.2. The normalized spacial score (nSPS) is 10.2. The molecule has 0 aromatic heterocycles. The van der Waals surface area contributed by atoms with Crippen molar-refractivity contribution in [2.45, 2.75) is 19.3 Å². The van der Waals surface area contributed by atoms with Crippen LogP contribution in [0.15, 0.2) is 18.2 Å². The quantitative estimate of drug-likeness (QED) is 0.644. The first-order valence-electron chi connectivity index (χ1n) is 6.62. The molecule has 0 saturated heterocycles. The number of rotatable bonds is 8. The zero-order valence-electron chi connectivity index (χ0n) is 11.8. The van der Waals surface area contributed by atoms with Crippen molar-refractivity contribution in [2.75, 3.05) is 25.6 Å². The first kappa shape index (κ1) is 17.3. The Hall–Kier alpha value is -1.79. The van der Waals surface area contributed by atoms with Crippen molar-refractivity contribution < 1.29 is 19.4 Å². The molecule has 0 aliphatic rings. The average Bonchev–Trinajstić information content (AvgIpc) is 2.42. The Morgan fingerprint density at radius 3 is 2.71 bits per heavy atom. The lowest BCUT2D eigenvalue weighted by molar-refractivity contribution is 0.0698. The standard InChI is InChI=1S/C14H19ClN2O4/c1-21-9-4-2-3-8-16-14(20)17-11-7-5-6-10(15)12(11)13(18)19/h5-7H,2-4,8-9H2,1H3,(H,18,19)(H2,16,17,20). The Labute approximate surface area is 128 Å². The molecule has 2 amide bonds. The molecule has 3 N–H and O–H groups in total. The van der Waals surface area contributed by atoms with Crippen LogP contribution in [0.5, 0.6) is 0 Å². The molecule has 0 atom stereocenters. The van der Waals surface area contributed by atoms with Crippen molar-refractivity contribution in [3.05, 3.63) is 28.8 Å². The van der Waals surface area contributed by atoms with E-state index < -0.39 is 12.0 Å². The number of ether oxygens (including phenoxy) is 1. The van der Waals surface area contributed by atoms with Gasteiger partial charge in [0.1, 0.15) is 5.56 Å². The molecule has 0 fully saturated rings. The highest BCUT2D eigenvalue weighted by molar-refractivity contribution is 6.34. The third-order valence-corrected chi connectivity index (χ3v) is 3.10. The van der Waals surface area contributed by atoms with Gasteiger partial charge in [0.15, 0.2) is 0 Å². The van der Waals surface area contributed by atoms with E-state index in [-0.39, 0.29) is 16.3 Å². The summed E-state index contributed by atoms with van der Waals surface area (Å²) in [4.78, 5) is 22.8. The van der Waals surface area contributed by atoms with E-state index in [1.165, 1.54) is 12.1 Å². The van der Waals surface area contributed by atoms with Crippen LogP contribution in [-0.2, 0) is 4.74 Å². The molecule has 0 radical (unpaired) electrons. The minimum atomic E-state index is -1.18. The van der Waals surface area contributed by atoms with Crippen molar-refractivity contribution >= 4 is 29.3 Å². The SMILES string of the molecule is COCCCCCNC(=O)Nc1cccc(Cl)c1C(=O)O. The van der Waals surface area contributed by atoms with Gasteiger partial charge in [-0.05, 0) is 31.4 Å². The van der Waals surface area contributed by atoms with Crippen LogP contribution in [0, 0.1) is 0 Å². The summed E-state index contributed by atoms with van der Waals surface area (Å²) >= 11 is 5.82. The summed E-state index contributed by atoms with van der Waals surface area (Å²) in [5.41, 5.74) is 0.0568. The molecule has 0 saturated carbocycles. The highest BCUT2D eigenvalue weighted by atomic mass is 35.5. The number of carbonyl (C=O) groups is 2. The number of aromatic carboxylic acids is 1. The number of unbranched alkanes of at least 4 members (excludes halogenated alkanes) is 2. The van der Waals surface area contributed by atoms with Gasteiger partial charge in [0.2, 0.25) is 0 Å². The van der Waals surface area contributed by atoms with Crippen LogP contribution >= 0.6 is 11.6 Å². The number of anilines is 1. The number of hydrogen-bond acceptors (Lipinski definition) is 3. The Bertz CT molecular complexity index is 494. The lowest BCUT2D eigenvalue weighted by Crippen LogP contribution is -2.30. The van der Waals surface area contributed by atoms with E-state index in [4.69, 9.17) is 21.4 Å². The number of hydrogen-bond donors (Lipinski definition) is 3. The smallest absolute Gasteiger partial charge is 0.339 e. The third-order valence-electron chi connectivity index (χ3n) is 2.79. The van der Waals surface area contributed by atoms with E-state index in [9.17, 15) is 9.59 Å². The monoisotopic (exact) mass is 314 g/mol. The highest BCUT2D eigenvalue weighted by Crippen LogP contribution is 2.24. The fraction of sp³-hybridized carbons (Fsp3) is 0.429. The maximum Gasteiger partial charge on any atom is 0.339 e. The van der Waals surface area contributed by atoms with Gasteiger partial charge >= 0.3 is 12.0 Å². The number of methoxy groups -OCH3 is 1. The molecule has 0 bridgehead atoms. The summed E-state index contributed by atoms with van der Waals surface area (Å²) in [6.45, 7) is 1.22. The fourth-order valence-electron chi connectivity index (χ4n) is 1.76. The minimum absolute atomic E-state index is 0.0832. The molecule has 7 heteroatoms. The maximum atomic E-state index is 11.7. The zero-order chi connectivity index (χ0) is 15.7. The third kappa shape index (κ3) is 6.01. The summed E-state index contributed by atoms with van der Waals surface area (Å²) in [6, 6.07) is 4.08. The topological polar surface area (TPSA) is 87.7 Å². The molecule has 0 heterocycles. The van der Waals surface area contributed by atoms with Crippen LogP contribution in [0.4, 0.5) is 10.5 Å². The summed E-state index contributed by atoms with van der Waals surface area (Å²) in [5, 5.41) is 14.3. The van der Waals surface area contributed by atoms with Gasteiger partial charge in [-0.3, -0.25) is 0 Å². The molecule has 116 valence electrons. The van der Waals surface area contributed by atoms with Crippen molar-refractivity contribution in [3.63, 3.8) is 0 Å². The fourth-order valence-corrected chi connectivity index (χ4v) is 2.02. The largest absolute Gasteiger partial charge is 0.478 e. The van der Waals surface area contributed by atoms with Crippen molar-refractivity contribution in [1.29, 1.82) is 0 Å². The van der Waals surface area contributed by atoms with Gasteiger partial charge in [-0.15, -0.1) is 0 Å². The molecule has 1 aromatic carbocycles. The maximum absolute atomic E-state index is 11.7. The number of halogens is 1. The average molecular weight is 315 g/mol. The number of carboxylic acid groups (broad SMARTS) is 1. The van der Waals surface area contributed by atoms with Gasteiger partial charge < -0.3 is 20.5 Å². The molecule has 0 aliphatic carbocycles. The van der Waals surface area contributed by atoms with E-state index in [1.807, 2.05) is 0 Å². The van der Waals surface area contributed by atoms with E-state index >= 15 is 0 Å². The van der Waals surface area contributed by atoms with Crippen LogP contribution in [0.1, 0.15) is 29.6 Å². The highest BCUT2D eigenvalue weighted by Gasteiger charge is 2.15. The van der Waals surface area contributed by atoms with E-state index in [1.54, 1.807) is 13.2 Å². The molecule has 0 unspecified atom stereocenters. The van der Waals surface area contributed by atoms with Crippen molar-refractivity contribution in [1.82, 2.24) is 5.32 Å². The predicted octanol–water partition coefficient (Wildman–Crippen LogP) is 2.98. The van der Waals surface area contributed by atoms with Crippen molar-refractivity contribution in [2.24, 2.45) is 0 Å². The second-order valence-electron chi connectivity index (χ2n) is 4.40. The van der Waals surface area contributed by atoms with E-state index in [0.717, 1.165) is 19.3 Å². The second kappa shape index (κ2) is 9.20. The molecule has 21 heavy (non-hydrogen) atoms. The van der Waals surface area contributed by atoms with Gasteiger partial charge in [0.05, 0.1) is 10.7 Å². The second-order valence-corrected chi connectivity index (χ2v) is 4.81. The zero-order valence-corrected chi connectivity index (χ0v) is 12.6. The first-order valence-corrected chi connectivity index (χ1v) is 6.99. The van der Waals surface area contributed by atoms with Gasteiger partial charge in [0, 0.05) is 20.3 Å². The molecular formula is C14H19ClN2O4. The first-order chi connectivity index (χ1) is 10.1.